The monoisotopic (exact) mass is 227 g/mol. The minimum Gasteiger partial charge on any atom is -0.355 e. The highest BCUT2D eigenvalue weighted by Gasteiger charge is 2.18. The van der Waals surface area contributed by atoms with Crippen LogP contribution < -0.4 is 10.6 Å². The first-order chi connectivity index (χ1) is 7.70. The third-order valence-corrected chi connectivity index (χ3v) is 2.96. The molecule has 1 heterocycles. The van der Waals surface area contributed by atoms with Crippen LogP contribution in [0.3, 0.4) is 0 Å². The molecule has 1 atom stereocenters. The Kier molecular flexibility index (Phi) is 6.42. The number of unbranched alkanes of at least 4 members (excludes halogenated alkanes) is 1. The van der Waals surface area contributed by atoms with E-state index in [1.165, 1.54) is 6.42 Å². The third kappa shape index (κ3) is 5.47. The van der Waals surface area contributed by atoms with Crippen LogP contribution in [0.2, 0.25) is 0 Å². The molecule has 94 valence electrons. The fraction of sp³-hybridized carbons (Fsp3) is 0.917. The summed E-state index contributed by atoms with van der Waals surface area (Å²) in [4.78, 5) is 13.8. The maximum Gasteiger partial charge on any atom is 0.237 e. The summed E-state index contributed by atoms with van der Waals surface area (Å²) in [7, 11) is 4.18. The Balaban J connectivity index is 2.08. The lowest BCUT2D eigenvalue weighted by molar-refractivity contribution is -0.122. The summed E-state index contributed by atoms with van der Waals surface area (Å²) in [5, 5.41) is 6.30. The number of carbonyl (C=O) groups is 1. The van der Waals surface area contributed by atoms with Gasteiger partial charge < -0.3 is 15.5 Å². The Hall–Kier alpha value is -0.610. The minimum absolute atomic E-state index is 0.0434. The summed E-state index contributed by atoms with van der Waals surface area (Å²) in [5.74, 6) is 0.185. The van der Waals surface area contributed by atoms with E-state index in [9.17, 15) is 4.79 Å². The molecule has 1 rings (SSSR count). The van der Waals surface area contributed by atoms with E-state index in [0.717, 1.165) is 45.3 Å². The molecular formula is C12H25N3O. The molecule has 0 aliphatic carbocycles. The predicted octanol–water partition coefficient (Wildman–Crippen LogP) is 0.587. The van der Waals surface area contributed by atoms with Gasteiger partial charge in [-0.2, -0.15) is 0 Å². The van der Waals surface area contributed by atoms with Crippen LogP contribution in [0, 0.1) is 0 Å². The zero-order chi connectivity index (χ0) is 11.8. The molecule has 1 aliphatic rings. The molecule has 1 aliphatic heterocycles. The molecule has 1 saturated heterocycles. The second kappa shape index (κ2) is 7.63. The molecule has 1 amide bonds. The molecule has 4 nitrogen and oxygen atoms in total. The van der Waals surface area contributed by atoms with Gasteiger partial charge in [0, 0.05) is 6.54 Å². The highest BCUT2D eigenvalue weighted by Crippen LogP contribution is 2.05. The maximum absolute atomic E-state index is 11.6. The average molecular weight is 227 g/mol. The van der Waals surface area contributed by atoms with Crippen molar-refractivity contribution in [1.82, 2.24) is 15.5 Å². The number of hydrogen-bond acceptors (Lipinski definition) is 3. The van der Waals surface area contributed by atoms with E-state index in [2.05, 4.69) is 29.6 Å². The lowest BCUT2D eigenvalue weighted by Crippen LogP contribution is -2.43. The van der Waals surface area contributed by atoms with Crippen LogP contribution in [0.15, 0.2) is 0 Å². The smallest absolute Gasteiger partial charge is 0.237 e. The SMILES string of the molecule is CN(C)CCCCNC1CCCCNC1=O. The summed E-state index contributed by atoms with van der Waals surface area (Å²) >= 11 is 0. The van der Waals surface area contributed by atoms with Crippen molar-refractivity contribution in [3.63, 3.8) is 0 Å². The van der Waals surface area contributed by atoms with E-state index in [1.807, 2.05) is 0 Å². The molecule has 0 aromatic rings. The Morgan fingerprint density at radius 2 is 2.19 bits per heavy atom. The first-order valence-corrected chi connectivity index (χ1v) is 6.36. The maximum atomic E-state index is 11.6. The van der Waals surface area contributed by atoms with Crippen molar-refractivity contribution in [2.45, 2.75) is 38.1 Å². The van der Waals surface area contributed by atoms with Gasteiger partial charge in [-0.25, -0.2) is 0 Å². The number of amides is 1. The summed E-state index contributed by atoms with van der Waals surface area (Å²) in [6.07, 6.45) is 5.58. The molecule has 4 heteroatoms. The summed E-state index contributed by atoms with van der Waals surface area (Å²) in [6, 6.07) is 0.0434. The van der Waals surface area contributed by atoms with Gasteiger partial charge in [0.1, 0.15) is 0 Å². The minimum atomic E-state index is 0.0434. The molecule has 0 aromatic heterocycles. The van der Waals surface area contributed by atoms with E-state index in [0.29, 0.717) is 0 Å². The van der Waals surface area contributed by atoms with Gasteiger partial charge in [-0.3, -0.25) is 4.79 Å². The van der Waals surface area contributed by atoms with Gasteiger partial charge in [-0.1, -0.05) is 0 Å². The normalized spacial score (nSPS) is 21.9. The van der Waals surface area contributed by atoms with Crippen molar-refractivity contribution < 1.29 is 4.79 Å². The summed E-state index contributed by atoms with van der Waals surface area (Å²) in [5.41, 5.74) is 0. The summed E-state index contributed by atoms with van der Waals surface area (Å²) < 4.78 is 0. The molecule has 1 unspecified atom stereocenters. The van der Waals surface area contributed by atoms with Crippen molar-refractivity contribution in [3.05, 3.63) is 0 Å². The van der Waals surface area contributed by atoms with Crippen LogP contribution in [0.5, 0.6) is 0 Å². The molecule has 16 heavy (non-hydrogen) atoms. The van der Waals surface area contributed by atoms with Gasteiger partial charge in [0.15, 0.2) is 0 Å². The number of nitrogens with zero attached hydrogens (tertiary/aromatic N) is 1. The van der Waals surface area contributed by atoms with Gasteiger partial charge in [-0.15, -0.1) is 0 Å². The molecule has 2 N–H and O–H groups in total. The van der Waals surface area contributed by atoms with E-state index < -0.39 is 0 Å². The van der Waals surface area contributed by atoms with Gasteiger partial charge in [0.25, 0.3) is 0 Å². The molecule has 0 aromatic carbocycles. The van der Waals surface area contributed by atoms with Crippen LogP contribution in [0.25, 0.3) is 0 Å². The average Bonchev–Trinajstić information content (AvgIpc) is 2.43. The Morgan fingerprint density at radius 1 is 1.38 bits per heavy atom. The standard InChI is InChI=1S/C12H25N3O/c1-15(2)10-6-5-8-13-11-7-3-4-9-14-12(11)16/h11,13H,3-10H2,1-2H3,(H,14,16). The van der Waals surface area contributed by atoms with Crippen molar-refractivity contribution in [2.75, 3.05) is 33.7 Å². The third-order valence-electron chi connectivity index (χ3n) is 2.96. The molecule has 0 bridgehead atoms. The van der Waals surface area contributed by atoms with Crippen LogP contribution in [-0.4, -0.2) is 50.6 Å². The van der Waals surface area contributed by atoms with Crippen molar-refractivity contribution >= 4 is 5.91 Å². The van der Waals surface area contributed by atoms with Crippen molar-refractivity contribution in [2.24, 2.45) is 0 Å². The lowest BCUT2D eigenvalue weighted by atomic mass is 10.1. The molecule has 0 saturated carbocycles. The van der Waals surface area contributed by atoms with E-state index in [-0.39, 0.29) is 11.9 Å². The van der Waals surface area contributed by atoms with E-state index in [4.69, 9.17) is 0 Å². The highest BCUT2D eigenvalue weighted by atomic mass is 16.2. The fourth-order valence-corrected chi connectivity index (χ4v) is 1.96. The van der Waals surface area contributed by atoms with Crippen molar-refractivity contribution in [1.29, 1.82) is 0 Å². The van der Waals surface area contributed by atoms with E-state index >= 15 is 0 Å². The largest absolute Gasteiger partial charge is 0.355 e. The summed E-state index contributed by atoms with van der Waals surface area (Å²) in [6.45, 7) is 2.92. The van der Waals surface area contributed by atoms with E-state index in [1.54, 1.807) is 0 Å². The highest BCUT2D eigenvalue weighted by molar-refractivity contribution is 5.81. The number of rotatable bonds is 6. The molecule has 0 spiro atoms. The molecule has 0 radical (unpaired) electrons. The van der Waals surface area contributed by atoms with Gasteiger partial charge in [0.2, 0.25) is 5.91 Å². The fourth-order valence-electron chi connectivity index (χ4n) is 1.96. The van der Waals surface area contributed by atoms with Crippen LogP contribution in [0.1, 0.15) is 32.1 Å². The van der Waals surface area contributed by atoms with Crippen LogP contribution in [0.4, 0.5) is 0 Å². The zero-order valence-corrected chi connectivity index (χ0v) is 10.6. The Labute approximate surface area is 98.8 Å². The second-order valence-corrected chi connectivity index (χ2v) is 4.80. The Bertz CT molecular complexity index is 206. The predicted molar refractivity (Wildman–Crippen MR) is 66.4 cm³/mol. The number of hydrogen-bond donors (Lipinski definition) is 2. The van der Waals surface area contributed by atoms with Gasteiger partial charge >= 0.3 is 0 Å². The molecular weight excluding hydrogens is 202 g/mol. The van der Waals surface area contributed by atoms with Gasteiger partial charge in [0.05, 0.1) is 6.04 Å². The first kappa shape index (κ1) is 13.5. The quantitative estimate of drug-likeness (QED) is 0.653. The van der Waals surface area contributed by atoms with Crippen LogP contribution in [-0.2, 0) is 4.79 Å². The van der Waals surface area contributed by atoms with Crippen molar-refractivity contribution in [3.8, 4) is 0 Å². The lowest BCUT2D eigenvalue weighted by Gasteiger charge is -2.15. The zero-order valence-electron chi connectivity index (χ0n) is 10.6. The second-order valence-electron chi connectivity index (χ2n) is 4.80. The van der Waals surface area contributed by atoms with Crippen LogP contribution >= 0.6 is 0 Å². The Morgan fingerprint density at radius 3 is 2.94 bits per heavy atom. The number of nitrogens with one attached hydrogen (secondary N) is 2. The number of carbonyl (C=O) groups excluding carboxylic acids is 1. The first-order valence-electron chi connectivity index (χ1n) is 6.36. The van der Waals surface area contributed by atoms with Gasteiger partial charge in [-0.05, 0) is 59.3 Å². The molecule has 1 fully saturated rings. The topological polar surface area (TPSA) is 44.4 Å².